The highest BCUT2D eigenvalue weighted by Crippen LogP contribution is 2.18. The molecule has 3 N–H and O–H groups in total. The van der Waals surface area contributed by atoms with E-state index in [2.05, 4.69) is 10.3 Å². The summed E-state index contributed by atoms with van der Waals surface area (Å²) in [4.78, 5) is 4.00. The van der Waals surface area contributed by atoms with E-state index in [-0.39, 0.29) is 5.82 Å². The second kappa shape index (κ2) is 5.35. The van der Waals surface area contributed by atoms with Crippen LogP contribution in [0.3, 0.4) is 0 Å². The van der Waals surface area contributed by atoms with Crippen LogP contribution in [0.25, 0.3) is 0 Å². The number of ether oxygens (including phenoxy) is 1. The van der Waals surface area contributed by atoms with Gasteiger partial charge in [0.1, 0.15) is 5.82 Å². The van der Waals surface area contributed by atoms with Crippen LogP contribution in [0.1, 0.15) is 5.56 Å². The molecule has 5 heteroatoms. The maximum absolute atomic E-state index is 13.5. The number of nitrogen functional groups attached to an aromatic ring is 1. The summed E-state index contributed by atoms with van der Waals surface area (Å²) < 4.78 is 18.5. The first-order chi connectivity index (χ1) is 8.69. The number of nitrogens with zero attached hydrogens (tertiary/aromatic N) is 1. The van der Waals surface area contributed by atoms with E-state index in [9.17, 15) is 4.39 Å². The Bertz CT molecular complexity index is 546. The standard InChI is InChI=1S/C13H14FN3O/c1-18-13-6-9(4-5-16-13)8-17-12-3-2-10(15)7-11(12)14/h2-7,17H,8,15H2,1H3. The molecule has 94 valence electrons. The topological polar surface area (TPSA) is 60.2 Å². The summed E-state index contributed by atoms with van der Waals surface area (Å²) in [6, 6.07) is 8.18. The van der Waals surface area contributed by atoms with E-state index in [1.54, 1.807) is 31.5 Å². The highest BCUT2D eigenvalue weighted by Gasteiger charge is 2.02. The fourth-order valence-electron chi connectivity index (χ4n) is 1.54. The molecule has 1 aromatic heterocycles. The van der Waals surface area contributed by atoms with Crippen LogP contribution < -0.4 is 15.8 Å². The molecule has 0 aliphatic rings. The lowest BCUT2D eigenvalue weighted by molar-refractivity contribution is 0.397. The van der Waals surface area contributed by atoms with Crippen molar-refractivity contribution in [1.29, 1.82) is 0 Å². The largest absolute Gasteiger partial charge is 0.481 e. The van der Waals surface area contributed by atoms with Crippen LogP contribution in [0.4, 0.5) is 15.8 Å². The van der Waals surface area contributed by atoms with Gasteiger partial charge in [-0.3, -0.25) is 0 Å². The van der Waals surface area contributed by atoms with Crippen LogP contribution >= 0.6 is 0 Å². The molecular weight excluding hydrogens is 233 g/mol. The van der Waals surface area contributed by atoms with Gasteiger partial charge in [0.15, 0.2) is 0 Å². The van der Waals surface area contributed by atoms with Gasteiger partial charge in [-0.2, -0.15) is 0 Å². The number of hydrogen-bond donors (Lipinski definition) is 2. The quantitative estimate of drug-likeness (QED) is 0.814. The van der Waals surface area contributed by atoms with Crippen LogP contribution in [0.15, 0.2) is 36.5 Å². The van der Waals surface area contributed by atoms with Crippen molar-refractivity contribution in [3.63, 3.8) is 0 Å². The number of nitrogens with two attached hydrogens (primary N) is 1. The monoisotopic (exact) mass is 247 g/mol. The summed E-state index contributed by atoms with van der Waals surface area (Å²) in [6.07, 6.45) is 1.65. The van der Waals surface area contributed by atoms with E-state index in [4.69, 9.17) is 10.5 Å². The molecule has 2 rings (SSSR count). The first kappa shape index (κ1) is 12.2. The Morgan fingerprint density at radius 2 is 2.17 bits per heavy atom. The van der Waals surface area contributed by atoms with E-state index in [0.717, 1.165) is 5.56 Å². The predicted octanol–water partition coefficient (Wildman–Crippen LogP) is 2.42. The molecule has 0 fully saturated rings. The van der Waals surface area contributed by atoms with Crippen LogP contribution in [0.2, 0.25) is 0 Å². The van der Waals surface area contributed by atoms with Gasteiger partial charge in [-0.25, -0.2) is 9.37 Å². The van der Waals surface area contributed by atoms with Gasteiger partial charge in [-0.1, -0.05) is 0 Å². The molecule has 1 heterocycles. The predicted molar refractivity (Wildman–Crippen MR) is 68.9 cm³/mol. The number of halogens is 1. The second-order valence-electron chi connectivity index (χ2n) is 3.80. The summed E-state index contributed by atoms with van der Waals surface area (Å²) >= 11 is 0. The Hall–Kier alpha value is -2.30. The third-order valence-electron chi connectivity index (χ3n) is 2.48. The number of pyridine rings is 1. The molecule has 0 aliphatic carbocycles. The minimum Gasteiger partial charge on any atom is -0.481 e. The Labute approximate surface area is 105 Å². The molecule has 0 aliphatic heterocycles. The number of anilines is 2. The summed E-state index contributed by atoms with van der Waals surface area (Å²) in [6.45, 7) is 0.486. The molecule has 1 aromatic carbocycles. The molecule has 4 nitrogen and oxygen atoms in total. The van der Waals surface area contributed by atoms with Crippen molar-refractivity contribution in [2.45, 2.75) is 6.54 Å². The highest BCUT2D eigenvalue weighted by molar-refractivity contribution is 5.52. The fraction of sp³-hybridized carbons (Fsp3) is 0.154. The molecule has 0 saturated carbocycles. The van der Waals surface area contributed by atoms with Crippen LogP contribution in [-0.2, 0) is 6.54 Å². The summed E-state index contributed by atoms with van der Waals surface area (Å²) in [5.41, 5.74) is 7.26. The first-order valence-electron chi connectivity index (χ1n) is 5.47. The van der Waals surface area contributed by atoms with Gasteiger partial charge in [0.2, 0.25) is 5.88 Å². The van der Waals surface area contributed by atoms with Gasteiger partial charge in [0.05, 0.1) is 12.8 Å². The Balaban J connectivity index is 2.06. The first-order valence-corrected chi connectivity index (χ1v) is 5.47. The van der Waals surface area contributed by atoms with Crippen LogP contribution in [0.5, 0.6) is 5.88 Å². The van der Waals surface area contributed by atoms with Gasteiger partial charge in [-0.15, -0.1) is 0 Å². The molecule has 18 heavy (non-hydrogen) atoms. The van der Waals surface area contributed by atoms with Crippen molar-refractivity contribution in [3.8, 4) is 5.88 Å². The van der Waals surface area contributed by atoms with Gasteiger partial charge < -0.3 is 15.8 Å². The third kappa shape index (κ3) is 2.88. The summed E-state index contributed by atoms with van der Waals surface area (Å²) in [5.74, 6) is 0.170. The third-order valence-corrected chi connectivity index (χ3v) is 2.48. The molecular formula is C13H14FN3O. The molecule has 0 unspecified atom stereocenters. The van der Waals surface area contributed by atoms with Crippen molar-refractivity contribution in [2.75, 3.05) is 18.2 Å². The molecule has 0 radical (unpaired) electrons. The molecule has 0 spiro atoms. The number of methoxy groups -OCH3 is 1. The van der Waals surface area contributed by atoms with Gasteiger partial charge in [-0.05, 0) is 29.8 Å². The van der Waals surface area contributed by atoms with E-state index >= 15 is 0 Å². The Morgan fingerprint density at radius 1 is 1.33 bits per heavy atom. The molecule has 0 amide bonds. The molecule has 0 saturated heterocycles. The summed E-state index contributed by atoms with van der Waals surface area (Å²) in [7, 11) is 1.55. The Kier molecular flexibility index (Phi) is 3.62. The number of rotatable bonds is 4. The maximum atomic E-state index is 13.5. The van der Waals surface area contributed by atoms with Gasteiger partial charge in [0, 0.05) is 24.5 Å². The minimum atomic E-state index is -0.365. The second-order valence-corrected chi connectivity index (χ2v) is 3.80. The van der Waals surface area contributed by atoms with Crippen molar-refractivity contribution in [3.05, 3.63) is 47.9 Å². The molecule has 0 bridgehead atoms. The highest BCUT2D eigenvalue weighted by atomic mass is 19.1. The number of hydrogen-bond acceptors (Lipinski definition) is 4. The minimum absolute atomic E-state index is 0.365. The van der Waals surface area contributed by atoms with Crippen LogP contribution in [0, 0.1) is 5.82 Å². The molecule has 2 aromatic rings. The zero-order valence-electron chi connectivity index (χ0n) is 9.98. The SMILES string of the molecule is COc1cc(CNc2ccc(N)cc2F)ccn1. The van der Waals surface area contributed by atoms with Gasteiger partial charge >= 0.3 is 0 Å². The lowest BCUT2D eigenvalue weighted by Crippen LogP contribution is -2.02. The zero-order valence-corrected chi connectivity index (χ0v) is 9.98. The van der Waals surface area contributed by atoms with E-state index in [1.165, 1.54) is 6.07 Å². The smallest absolute Gasteiger partial charge is 0.213 e. The van der Waals surface area contributed by atoms with Crippen molar-refractivity contribution in [1.82, 2.24) is 4.98 Å². The average molecular weight is 247 g/mol. The van der Waals surface area contributed by atoms with E-state index in [0.29, 0.717) is 23.8 Å². The van der Waals surface area contributed by atoms with Crippen LogP contribution in [-0.4, -0.2) is 12.1 Å². The van der Waals surface area contributed by atoms with E-state index < -0.39 is 0 Å². The average Bonchev–Trinajstić information content (AvgIpc) is 2.38. The maximum Gasteiger partial charge on any atom is 0.213 e. The van der Waals surface area contributed by atoms with E-state index in [1.807, 2.05) is 6.07 Å². The normalized spacial score (nSPS) is 10.1. The lowest BCUT2D eigenvalue weighted by atomic mass is 10.2. The molecule has 0 atom stereocenters. The fourth-order valence-corrected chi connectivity index (χ4v) is 1.54. The number of aromatic nitrogens is 1. The van der Waals surface area contributed by atoms with Crippen molar-refractivity contribution in [2.24, 2.45) is 0 Å². The van der Waals surface area contributed by atoms with Gasteiger partial charge in [0.25, 0.3) is 0 Å². The Morgan fingerprint density at radius 3 is 2.89 bits per heavy atom. The zero-order chi connectivity index (χ0) is 13.0. The van der Waals surface area contributed by atoms with Crippen molar-refractivity contribution < 1.29 is 9.13 Å². The number of benzene rings is 1. The number of nitrogens with one attached hydrogen (secondary N) is 1. The summed E-state index contributed by atoms with van der Waals surface area (Å²) in [5, 5.41) is 2.99. The van der Waals surface area contributed by atoms with Crippen molar-refractivity contribution >= 4 is 11.4 Å². The lowest BCUT2D eigenvalue weighted by Gasteiger charge is -2.08.